The molecule has 0 bridgehead atoms. The number of nitrogen functional groups attached to an aromatic ring is 1. The number of benzene rings is 1. The molecular formula is C16H18N6O4. The molecule has 1 aromatic carbocycles. The summed E-state index contributed by atoms with van der Waals surface area (Å²) in [6.45, 7) is 0.605. The van der Waals surface area contributed by atoms with Crippen molar-refractivity contribution < 1.29 is 19.5 Å². The van der Waals surface area contributed by atoms with Crippen molar-refractivity contribution >= 4 is 34.6 Å². The molecule has 10 heteroatoms. The third-order valence-electron chi connectivity index (χ3n) is 4.33. The van der Waals surface area contributed by atoms with Gasteiger partial charge in [-0.2, -0.15) is 0 Å². The van der Waals surface area contributed by atoms with Crippen molar-refractivity contribution in [2.24, 2.45) is 5.73 Å². The van der Waals surface area contributed by atoms with Gasteiger partial charge in [0.15, 0.2) is 0 Å². The van der Waals surface area contributed by atoms with Gasteiger partial charge in [-0.3, -0.25) is 14.5 Å². The summed E-state index contributed by atoms with van der Waals surface area (Å²) in [5, 5.41) is 9.95. The van der Waals surface area contributed by atoms with Crippen LogP contribution in [0.4, 0.5) is 10.6 Å². The first-order valence-corrected chi connectivity index (χ1v) is 7.92. The van der Waals surface area contributed by atoms with Gasteiger partial charge < -0.3 is 21.5 Å². The summed E-state index contributed by atoms with van der Waals surface area (Å²) in [5.41, 5.74) is 12.4. The van der Waals surface area contributed by atoms with Crippen molar-refractivity contribution in [3.8, 4) is 0 Å². The van der Waals surface area contributed by atoms with Gasteiger partial charge in [0.05, 0.1) is 11.9 Å². The number of piperazine rings is 1. The number of nitrogens with two attached hydrogens (primary N) is 2. The Bertz CT molecular complexity index is 886. The van der Waals surface area contributed by atoms with Crippen LogP contribution in [0.15, 0.2) is 24.5 Å². The van der Waals surface area contributed by atoms with Crippen LogP contribution in [-0.2, 0) is 16.1 Å². The molecule has 3 rings (SSSR count). The molecule has 0 spiro atoms. The number of carbonyl (C=O) groups excluding carboxylic acids is 2. The zero-order valence-electron chi connectivity index (χ0n) is 13.8. The minimum atomic E-state index is -1.25. The molecule has 10 nitrogen and oxygen atoms in total. The Labute approximate surface area is 148 Å². The van der Waals surface area contributed by atoms with Crippen LogP contribution in [0.5, 0.6) is 0 Å². The van der Waals surface area contributed by atoms with Gasteiger partial charge in [-0.15, -0.1) is 0 Å². The van der Waals surface area contributed by atoms with E-state index in [1.165, 1.54) is 11.2 Å². The molecule has 1 aliphatic rings. The molecule has 1 saturated heterocycles. The van der Waals surface area contributed by atoms with Gasteiger partial charge in [-0.05, 0) is 17.7 Å². The lowest BCUT2D eigenvalue weighted by molar-refractivity contribution is -0.143. The smallest absolute Gasteiger partial charge is 0.408 e. The average molecular weight is 358 g/mol. The fourth-order valence-electron chi connectivity index (χ4n) is 3.05. The number of fused-ring (bicyclic) bond motifs is 1. The summed E-state index contributed by atoms with van der Waals surface area (Å²) >= 11 is 0. The van der Waals surface area contributed by atoms with Crippen molar-refractivity contribution in [3.63, 3.8) is 0 Å². The van der Waals surface area contributed by atoms with Crippen molar-refractivity contribution in [1.82, 2.24) is 19.8 Å². The number of carboxylic acid groups (broad SMARTS) is 1. The zero-order chi connectivity index (χ0) is 18.8. The maximum absolute atomic E-state index is 12.7. The first-order chi connectivity index (χ1) is 12.4. The highest BCUT2D eigenvalue weighted by molar-refractivity contribution is 5.91. The van der Waals surface area contributed by atoms with E-state index in [1.807, 2.05) is 6.07 Å². The number of carbonyl (C=O) groups is 3. The highest BCUT2D eigenvalue weighted by Crippen LogP contribution is 2.21. The number of hydrogen-bond acceptors (Lipinski definition) is 6. The minimum absolute atomic E-state index is 0.113. The first kappa shape index (κ1) is 17.4. The summed E-state index contributed by atoms with van der Waals surface area (Å²) in [7, 11) is 0. The van der Waals surface area contributed by atoms with E-state index in [0.29, 0.717) is 16.7 Å². The Balaban J connectivity index is 1.82. The molecule has 2 heterocycles. The fourth-order valence-corrected chi connectivity index (χ4v) is 3.05. The molecular weight excluding hydrogens is 340 g/mol. The average Bonchev–Trinajstić information content (AvgIpc) is 2.58. The topological polar surface area (TPSA) is 156 Å². The molecule has 2 aromatic rings. The molecule has 0 aliphatic carbocycles. The lowest BCUT2D eigenvalue weighted by atomic mass is 10.1. The third-order valence-corrected chi connectivity index (χ3v) is 4.33. The van der Waals surface area contributed by atoms with Crippen LogP contribution in [0.2, 0.25) is 0 Å². The minimum Gasteiger partial charge on any atom is -0.465 e. The highest BCUT2D eigenvalue weighted by atomic mass is 16.4. The van der Waals surface area contributed by atoms with E-state index in [-0.39, 0.29) is 26.1 Å². The fraction of sp³-hybridized carbons (Fsp3) is 0.312. The normalized spacial score (nSPS) is 17.5. The van der Waals surface area contributed by atoms with E-state index < -0.39 is 23.9 Å². The van der Waals surface area contributed by atoms with Crippen molar-refractivity contribution in [3.05, 3.63) is 30.1 Å². The van der Waals surface area contributed by atoms with Crippen LogP contribution in [0.3, 0.4) is 0 Å². The number of hydrogen-bond donors (Lipinski definition) is 3. The predicted molar refractivity (Wildman–Crippen MR) is 91.7 cm³/mol. The van der Waals surface area contributed by atoms with Gasteiger partial charge in [0.1, 0.15) is 18.2 Å². The van der Waals surface area contributed by atoms with Gasteiger partial charge >= 0.3 is 6.09 Å². The molecule has 5 N–H and O–H groups in total. The highest BCUT2D eigenvalue weighted by Gasteiger charge is 2.38. The van der Waals surface area contributed by atoms with Gasteiger partial charge in [0, 0.05) is 25.0 Å². The van der Waals surface area contributed by atoms with Crippen LogP contribution in [-0.4, -0.2) is 61.9 Å². The Morgan fingerprint density at radius 3 is 2.73 bits per heavy atom. The lowest BCUT2D eigenvalue weighted by Gasteiger charge is -2.38. The third kappa shape index (κ3) is 3.34. The molecule has 0 saturated carbocycles. The second-order valence-corrected chi connectivity index (χ2v) is 6.03. The van der Waals surface area contributed by atoms with E-state index >= 15 is 0 Å². The standard InChI is InChI=1S/C16H18N6O4/c17-13(23)6-12-15(24)21(3-4-22(12)16(25)26)7-9-1-2-10-11(5-9)19-8-20-14(10)18/h1-2,5,8,12H,3-4,6-7H2,(H2,17,23)(H,25,26)(H2,18,19,20)/t12-/m0/s1. The Morgan fingerprint density at radius 1 is 1.27 bits per heavy atom. The summed E-state index contributed by atoms with van der Waals surface area (Å²) < 4.78 is 0. The molecule has 0 radical (unpaired) electrons. The number of amides is 3. The molecule has 136 valence electrons. The quantitative estimate of drug-likeness (QED) is 0.682. The maximum Gasteiger partial charge on any atom is 0.408 e. The Hall–Kier alpha value is -3.43. The molecule has 1 aromatic heterocycles. The summed E-state index contributed by atoms with van der Waals surface area (Å²) in [4.78, 5) is 45.8. The zero-order valence-corrected chi connectivity index (χ0v) is 13.8. The maximum atomic E-state index is 12.7. The number of nitrogens with zero attached hydrogens (tertiary/aromatic N) is 4. The van der Waals surface area contributed by atoms with E-state index in [9.17, 15) is 19.5 Å². The van der Waals surface area contributed by atoms with Crippen LogP contribution >= 0.6 is 0 Å². The molecule has 26 heavy (non-hydrogen) atoms. The molecule has 3 amide bonds. The van der Waals surface area contributed by atoms with E-state index in [0.717, 1.165) is 10.5 Å². The van der Waals surface area contributed by atoms with Crippen molar-refractivity contribution in [2.75, 3.05) is 18.8 Å². The largest absolute Gasteiger partial charge is 0.465 e. The van der Waals surface area contributed by atoms with E-state index in [2.05, 4.69) is 9.97 Å². The lowest BCUT2D eigenvalue weighted by Crippen LogP contribution is -2.59. The number of aromatic nitrogens is 2. The second-order valence-electron chi connectivity index (χ2n) is 6.03. The number of anilines is 1. The molecule has 1 fully saturated rings. The van der Waals surface area contributed by atoms with Crippen LogP contribution in [0, 0.1) is 0 Å². The monoisotopic (exact) mass is 358 g/mol. The molecule has 1 aliphatic heterocycles. The van der Waals surface area contributed by atoms with Gasteiger partial charge in [-0.25, -0.2) is 14.8 Å². The van der Waals surface area contributed by atoms with Crippen LogP contribution in [0.1, 0.15) is 12.0 Å². The van der Waals surface area contributed by atoms with Crippen molar-refractivity contribution in [1.29, 1.82) is 0 Å². The van der Waals surface area contributed by atoms with Gasteiger partial charge in [-0.1, -0.05) is 6.07 Å². The summed E-state index contributed by atoms with van der Waals surface area (Å²) in [6, 6.07) is 4.28. The first-order valence-electron chi connectivity index (χ1n) is 7.92. The predicted octanol–water partition coefficient (Wildman–Crippen LogP) is -0.222. The van der Waals surface area contributed by atoms with E-state index in [4.69, 9.17) is 11.5 Å². The summed E-state index contributed by atoms with van der Waals surface area (Å²) in [6.07, 6.45) is -0.230. The molecule has 0 unspecified atom stereocenters. The number of rotatable bonds is 4. The number of primary amides is 1. The van der Waals surface area contributed by atoms with Crippen LogP contribution in [0.25, 0.3) is 10.9 Å². The molecule has 1 atom stereocenters. The Morgan fingerprint density at radius 2 is 2.04 bits per heavy atom. The Kier molecular flexibility index (Phi) is 4.57. The van der Waals surface area contributed by atoms with Gasteiger partial charge in [0.2, 0.25) is 11.8 Å². The second kappa shape index (κ2) is 6.82. The van der Waals surface area contributed by atoms with E-state index in [1.54, 1.807) is 12.1 Å². The van der Waals surface area contributed by atoms with Crippen LogP contribution < -0.4 is 11.5 Å². The summed E-state index contributed by atoms with van der Waals surface area (Å²) in [5.74, 6) is -0.803. The SMILES string of the molecule is NC(=O)C[C@H]1C(=O)N(Cc2ccc3c(N)ncnc3c2)CCN1C(=O)O. The van der Waals surface area contributed by atoms with Crippen molar-refractivity contribution in [2.45, 2.75) is 19.0 Å². The van der Waals surface area contributed by atoms with Gasteiger partial charge in [0.25, 0.3) is 0 Å².